The zero-order chi connectivity index (χ0) is 14.8. The standard InChI is InChI=1S/C15H22N2O3/c1-12-6-8-13(9-7-12)11-17-15(20)16-10-4-2-3-5-14(18)19/h6-9H,2-5,10-11H2,1H3,(H,18,19)(H2,16,17,20). The third-order valence-corrected chi connectivity index (χ3v) is 2.93. The van der Waals surface area contributed by atoms with Crippen LogP contribution in [0.25, 0.3) is 0 Å². The van der Waals surface area contributed by atoms with Gasteiger partial charge in [0.25, 0.3) is 0 Å². The molecule has 1 rings (SSSR count). The second-order valence-corrected chi connectivity index (χ2v) is 4.80. The van der Waals surface area contributed by atoms with E-state index < -0.39 is 5.97 Å². The van der Waals surface area contributed by atoms with E-state index in [2.05, 4.69) is 10.6 Å². The SMILES string of the molecule is Cc1ccc(CNC(=O)NCCCCCC(=O)O)cc1. The molecule has 3 N–H and O–H groups in total. The van der Waals surface area contributed by atoms with Crippen LogP contribution < -0.4 is 10.6 Å². The number of carbonyl (C=O) groups excluding carboxylic acids is 1. The lowest BCUT2D eigenvalue weighted by Crippen LogP contribution is -2.35. The van der Waals surface area contributed by atoms with Gasteiger partial charge >= 0.3 is 12.0 Å². The van der Waals surface area contributed by atoms with Crippen LogP contribution in [0, 0.1) is 6.92 Å². The van der Waals surface area contributed by atoms with Crippen LogP contribution in [-0.2, 0) is 11.3 Å². The van der Waals surface area contributed by atoms with Crippen LogP contribution in [0.2, 0.25) is 0 Å². The number of amides is 2. The third kappa shape index (κ3) is 7.41. The Labute approximate surface area is 119 Å². The van der Waals surface area contributed by atoms with Crippen molar-refractivity contribution < 1.29 is 14.7 Å². The first-order chi connectivity index (χ1) is 9.58. The van der Waals surface area contributed by atoms with Gasteiger partial charge in [0, 0.05) is 19.5 Å². The van der Waals surface area contributed by atoms with E-state index in [-0.39, 0.29) is 12.5 Å². The lowest BCUT2D eigenvalue weighted by Gasteiger charge is -2.07. The number of hydrogen-bond acceptors (Lipinski definition) is 2. The minimum absolute atomic E-state index is 0.191. The van der Waals surface area contributed by atoms with E-state index >= 15 is 0 Å². The largest absolute Gasteiger partial charge is 0.481 e. The molecule has 0 aliphatic rings. The summed E-state index contributed by atoms with van der Waals surface area (Å²) in [7, 11) is 0. The van der Waals surface area contributed by atoms with Gasteiger partial charge in [-0.15, -0.1) is 0 Å². The van der Waals surface area contributed by atoms with Gasteiger partial charge in [-0.1, -0.05) is 36.2 Å². The van der Waals surface area contributed by atoms with E-state index in [1.54, 1.807) is 0 Å². The van der Waals surface area contributed by atoms with Gasteiger partial charge in [-0.25, -0.2) is 4.79 Å². The maximum absolute atomic E-state index is 11.5. The summed E-state index contributed by atoms with van der Waals surface area (Å²) in [5.41, 5.74) is 2.26. The molecule has 0 saturated carbocycles. The van der Waals surface area contributed by atoms with Crippen molar-refractivity contribution in [2.45, 2.75) is 39.2 Å². The van der Waals surface area contributed by atoms with E-state index in [4.69, 9.17) is 5.11 Å². The van der Waals surface area contributed by atoms with Gasteiger partial charge in [-0.3, -0.25) is 4.79 Å². The Bertz CT molecular complexity index is 429. The highest BCUT2D eigenvalue weighted by Crippen LogP contribution is 2.02. The predicted octanol–water partition coefficient (Wildman–Crippen LogP) is 2.44. The predicted molar refractivity (Wildman–Crippen MR) is 77.5 cm³/mol. The molecular formula is C15H22N2O3. The van der Waals surface area contributed by atoms with Crippen LogP contribution in [0.1, 0.15) is 36.8 Å². The summed E-state index contributed by atoms with van der Waals surface area (Å²) < 4.78 is 0. The number of aliphatic carboxylic acids is 1. The Morgan fingerprint density at radius 1 is 1.05 bits per heavy atom. The van der Waals surface area contributed by atoms with Crippen molar-refractivity contribution in [3.8, 4) is 0 Å². The number of carbonyl (C=O) groups is 2. The maximum atomic E-state index is 11.5. The number of nitrogens with one attached hydrogen (secondary N) is 2. The van der Waals surface area contributed by atoms with E-state index in [0.717, 1.165) is 18.4 Å². The molecule has 0 radical (unpaired) electrons. The van der Waals surface area contributed by atoms with Gasteiger partial charge in [-0.2, -0.15) is 0 Å². The summed E-state index contributed by atoms with van der Waals surface area (Å²) in [6, 6.07) is 7.81. The molecule has 1 aromatic rings. The monoisotopic (exact) mass is 278 g/mol. The zero-order valence-electron chi connectivity index (χ0n) is 11.8. The number of unbranched alkanes of at least 4 members (excludes halogenated alkanes) is 2. The maximum Gasteiger partial charge on any atom is 0.315 e. The second kappa shape index (κ2) is 8.96. The topological polar surface area (TPSA) is 78.4 Å². The van der Waals surface area contributed by atoms with Crippen LogP contribution in [0.5, 0.6) is 0 Å². The van der Waals surface area contributed by atoms with Crippen molar-refractivity contribution in [1.29, 1.82) is 0 Å². The van der Waals surface area contributed by atoms with Gasteiger partial charge in [0.1, 0.15) is 0 Å². The number of aryl methyl sites for hydroxylation is 1. The highest BCUT2D eigenvalue weighted by Gasteiger charge is 2.00. The summed E-state index contributed by atoms with van der Waals surface area (Å²) in [4.78, 5) is 21.8. The first kappa shape index (κ1) is 16.0. The van der Waals surface area contributed by atoms with Gasteiger partial charge in [0.2, 0.25) is 0 Å². The summed E-state index contributed by atoms with van der Waals surface area (Å²) in [6.07, 6.45) is 2.46. The average molecular weight is 278 g/mol. The summed E-state index contributed by atoms with van der Waals surface area (Å²) >= 11 is 0. The Hall–Kier alpha value is -2.04. The first-order valence-corrected chi connectivity index (χ1v) is 6.87. The molecule has 0 aromatic heterocycles. The average Bonchev–Trinajstić information content (AvgIpc) is 2.41. The molecule has 0 bridgehead atoms. The minimum Gasteiger partial charge on any atom is -0.481 e. The molecule has 5 heteroatoms. The molecule has 0 heterocycles. The highest BCUT2D eigenvalue weighted by molar-refractivity contribution is 5.73. The molecule has 5 nitrogen and oxygen atoms in total. The summed E-state index contributed by atoms with van der Waals surface area (Å²) in [5.74, 6) is -0.770. The van der Waals surface area contributed by atoms with Crippen LogP contribution in [0.3, 0.4) is 0 Å². The molecule has 0 atom stereocenters. The van der Waals surface area contributed by atoms with E-state index in [9.17, 15) is 9.59 Å². The molecule has 0 unspecified atom stereocenters. The van der Waals surface area contributed by atoms with E-state index in [1.165, 1.54) is 5.56 Å². The molecule has 110 valence electrons. The van der Waals surface area contributed by atoms with E-state index in [1.807, 2.05) is 31.2 Å². The fourth-order valence-electron chi connectivity index (χ4n) is 1.73. The Balaban J connectivity index is 2.06. The van der Waals surface area contributed by atoms with E-state index in [0.29, 0.717) is 19.5 Å². The first-order valence-electron chi connectivity index (χ1n) is 6.87. The van der Waals surface area contributed by atoms with Crippen LogP contribution in [-0.4, -0.2) is 23.7 Å². The van der Waals surface area contributed by atoms with Gasteiger partial charge < -0.3 is 15.7 Å². The van der Waals surface area contributed by atoms with Gasteiger partial charge in [0.05, 0.1) is 0 Å². The summed E-state index contributed by atoms with van der Waals surface area (Å²) in [5, 5.41) is 14.0. The molecule has 20 heavy (non-hydrogen) atoms. The van der Waals surface area contributed by atoms with Crippen molar-refractivity contribution >= 4 is 12.0 Å². The number of benzene rings is 1. The zero-order valence-corrected chi connectivity index (χ0v) is 11.8. The fourth-order valence-corrected chi connectivity index (χ4v) is 1.73. The Morgan fingerprint density at radius 2 is 1.75 bits per heavy atom. The highest BCUT2D eigenvalue weighted by atomic mass is 16.4. The van der Waals surface area contributed by atoms with Gasteiger partial charge in [0.15, 0.2) is 0 Å². The number of urea groups is 1. The van der Waals surface area contributed by atoms with Crippen molar-refractivity contribution in [3.05, 3.63) is 35.4 Å². The van der Waals surface area contributed by atoms with Crippen LogP contribution >= 0.6 is 0 Å². The van der Waals surface area contributed by atoms with Gasteiger partial charge in [-0.05, 0) is 25.3 Å². The van der Waals surface area contributed by atoms with Crippen molar-refractivity contribution in [1.82, 2.24) is 10.6 Å². The number of hydrogen-bond donors (Lipinski definition) is 3. The second-order valence-electron chi connectivity index (χ2n) is 4.80. The molecular weight excluding hydrogens is 256 g/mol. The molecule has 0 aliphatic carbocycles. The number of carboxylic acids is 1. The number of carboxylic acid groups (broad SMARTS) is 1. The molecule has 2 amide bonds. The lowest BCUT2D eigenvalue weighted by molar-refractivity contribution is -0.137. The van der Waals surface area contributed by atoms with Crippen molar-refractivity contribution in [2.24, 2.45) is 0 Å². The summed E-state index contributed by atoms with van der Waals surface area (Å²) in [6.45, 7) is 3.10. The Kier molecular flexibility index (Phi) is 7.17. The normalized spacial score (nSPS) is 10.1. The lowest BCUT2D eigenvalue weighted by atomic mass is 10.1. The van der Waals surface area contributed by atoms with Crippen molar-refractivity contribution in [2.75, 3.05) is 6.54 Å². The quantitative estimate of drug-likeness (QED) is 0.639. The third-order valence-electron chi connectivity index (χ3n) is 2.93. The van der Waals surface area contributed by atoms with Crippen LogP contribution in [0.15, 0.2) is 24.3 Å². The molecule has 0 fully saturated rings. The van der Waals surface area contributed by atoms with Crippen molar-refractivity contribution in [3.63, 3.8) is 0 Å². The Morgan fingerprint density at radius 3 is 2.40 bits per heavy atom. The number of rotatable bonds is 8. The molecule has 0 aliphatic heterocycles. The minimum atomic E-state index is -0.770. The molecule has 0 saturated heterocycles. The fraction of sp³-hybridized carbons (Fsp3) is 0.467. The van der Waals surface area contributed by atoms with Crippen LogP contribution in [0.4, 0.5) is 4.79 Å². The smallest absolute Gasteiger partial charge is 0.315 e. The molecule has 1 aromatic carbocycles. The molecule has 0 spiro atoms.